The number of nitrogens with zero attached hydrogens (tertiary/aromatic N) is 1. The lowest BCUT2D eigenvalue weighted by Crippen LogP contribution is -2.18. The van der Waals surface area contributed by atoms with Gasteiger partial charge in [-0.25, -0.2) is 4.98 Å². The van der Waals surface area contributed by atoms with Crippen molar-refractivity contribution in [2.45, 2.75) is 31.1 Å². The van der Waals surface area contributed by atoms with E-state index in [0.29, 0.717) is 10.9 Å². The molecule has 0 unspecified atom stereocenters. The van der Waals surface area contributed by atoms with Gasteiger partial charge in [0.25, 0.3) is 0 Å². The van der Waals surface area contributed by atoms with E-state index in [1.54, 1.807) is 0 Å². The molecule has 0 radical (unpaired) electrons. The van der Waals surface area contributed by atoms with Gasteiger partial charge in [0.15, 0.2) is 0 Å². The molecule has 1 aliphatic rings. The van der Waals surface area contributed by atoms with Crippen LogP contribution < -0.4 is 0 Å². The summed E-state index contributed by atoms with van der Waals surface area (Å²) in [6, 6.07) is 0. The number of alkyl halides is 2. The molecular weight excluding hydrogens is 224 g/mol. The maximum Gasteiger partial charge on any atom is 0.309 e. The molecule has 0 aliphatic heterocycles. The number of halogens is 2. The number of thiazole rings is 1. The van der Waals surface area contributed by atoms with Crippen molar-refractivity contribution in [3.8, 4) is 0 Å². The third-order valence-corrected chi connectivity index (χ3v) is 3.20. The highest BCUT2D eigenvalue weighted by molar-refractivity contribution is 7.09. The molecule has 0 amide bonds. The van der Waals surface area contributed by atoms with Crippen LogP contribution in [0.4, 0.5) is 8.78 Å². The van der Waals surface area contributed by atoms with Crippen molar-refractivity contribution in [3.05, 3.63) is 16.1 Å². The van der Waals surface area contributed by atoms with Crippen LogP contribution in [0.2, 0.25) is 0 Å². The normalized spacial score (nSPS) is 16.7. The topological polar surface area (TPSA) is 50.2 Å². The summed E-state index contributed by atoms with van der Waals surface area (Å²) in [4.78, 5) is 14.0. The molecule has 3 nitrogen and oxygen atoms in total. The molecule has 1 aromatic rings. The van der Waals surface area contributed by atoms with Crippen LogP contribution in [0.15, 0.2) is 5.38 Å². The van der Waals surface area contributed by atoms with Gasteiger partial charge in [-0.2, -0.15) is 8.78 Å². The van der Waals surface area contributed by atoms with E-state index in [1.165, 1.54) is 16.7 Å². The summed E-state index contributed by atoms with van der Waals surface area (Å²) in [5, 5.41) is 10.3. The molecule has 0 spiro atoms. The number of rotatable bonds is 4. The molecule has 1 N–H and O–H groups in total. The van der Waals surface area contributed by atoms with E-state index >= 15 is 0 Å². The Morgan fingerprint density at radius 2 is 2.33 bits per heavy atom. The molecule has 2 rings (SSSR count). The summed E-state index contributed by atoms with van der Waals surface area (Å²) in [5.74, 6) is -4.54. The first-order chi connectivity index (χ1) is 6.99. The molecular formula is C9H9F2NO2S. The molecule has 0 atom stereocenters. The number of hydrogen-bond donors (Lipinski definition) is 1. The van der Waals surface area contributed by atoms with Gasteiger partial charge in [-0.3, -0.25) is 4.79 Å². The highest BCUT2D eigenvalue weighted by atomic mass is 32.1. The first-order valence-electron chi connectivity index (χ1n) is 4.54. The van der Waals surface area contributed by atoms with Crippen LogP contribution in [0.25, 0.3) is 0 Å². The Labute approximate surface area is 88.8 Å². The second-order valence-corrected chi connectivity index (χ2v) is 4.51. The maximum absolute atomic E-state index is 13.3. The second kappa shape index (κ2) is 3.52. The Bertz CT molecular complexity index is 387. The Morgan fingerprint density at radius 1 is 1.67 bits per heavy atom. The number of carboxylic acid groups (broad SMARTS) is 1. The van der Waals surface area contributed by atoms with Crippen molar-refractivity contribution in [1.82, 2.24) is 4.98 Å². The third kappa shape index (κ3) is 2.31. The summed E-state index contributed by atoms with van der Waals surface area (Å²) >= 11 is 1.19. The molecule has 0 bridgehead atoms. The van der Waals surface area contributed by atoms with Gasteiger partial charge in [-0.15, -0.1) is 11.3 Å². The van der Waals surface area contributed by atoms with Gasteiger partial charge >= 0.3 is 11.9 Å². The van der Waals surface area contributed by atoms with Crippen molar-refractivity contribution < 1.29 is 18.7 Å². The van der Waals surface area contributed by atoms with E-state index in [1.807, 2.05) is 0 Å². The molecule has 0 aromatic carbocycles. The van der Waals surface area contributed by atoms with Gasteiger partial charge in [0.2, 0.25) is 0 Å². The van der Waals surface area contributed by atoms with Gasteiger partial charge in [-0.05, 0) is 12.8 Å². The fourth-order valence-corrected chi connectivity index (χ4v) is 2.29. The second-order valence-electron chi connectivity index (χ2n) is 3.62. The number of aromatic nitrogens is 1. The Hall–Kier alpha value is -1.04. The minimum Gasteiger partial charge on any atom is -0.481 e. The highest BCUT2D eigenvalue weighted by Gasteiger charge is 2.38. The van der Waals surface area contributed by atoms with Crippen LogP contribution in [0, 0.1) is 0 Å². The SMILES string of the molecule is O=C(O)CC(F)(F)c1csc(C2CC2)n1. The zero-order valence-electron chi connectivity index (χ0n) is 7.74. The van der Waals surface area contributed by atoms with Crippen molar-refractivity contribution in [2.75, 3.05) is 0 Å². The van der Waals surface area contributed by atoms with Gasteiger partial charge in [0.05, 0.1) is 5.01 Å². The monoisotopic (exact) mass is 233 g/mol. The molecule has 6 heteroatoms. The predicted molar refractivity (Wildman–Crippen MR) is 50.2 cm³/mol. The number of hydrogen-bond acceptors (Lipinski definition) is 3. The molecule has 1 heterocycles. The van der Waals surface area contributed by atoms with Crippen LogP contribution in [0.1, 0.15) is 35.9 Å². The van der Waals surface area contributed by atoms with Crippen LogP contribution in [-0.2, 0) is 10.7 Å². The van der Waals surface area contributed by atoms with Crippen molar-refractivity contribution in [3.63, 3.8) is 0 Å². The van der Waals surface area contributed by atoms with Crippen LogP contribution in [0.3, 0.4) is 0 Å². The van der Waals surface area contributed by atoms with Crippen LogP contribution in [0.5, 0.6) is 0 Å². The van der Waals surface area contributed by atoms with Gasteiger partial charge < -0.3 is 5.11 Å². The average molecular weight is 233 g/mol. The lowest BCUT2D eigenvalue weighted by atomic mass is 10.2. The number of aliphatic carboxylic acids is 1. The summed E-state index contributed by atoms with van der Waals surface area (Å²) < 4.78 is 26.5. The van der Waals surface area contributed by atoms with Crippen LogP contribution in [-0.4, -0.2) is 16.1 Å². The number of carbonyl (C=O) groups is 1. The van der Waals surface area contributed by atoms with E-state index in [4.69, 9.17) is 5.11 Å². The van der Waals surface area contributed by atoms with Crippen molar-refractivity contribution in [2.24, 2.45) is 0 Å². The first-order valence-corrected chi connectivity index (χ1v) is 5.42. The van der Waals surface area contributed by atoms with Crippen molar-refractivity contribution >= 4 is 17.3 Å². The summed E-state index contributed by atoms with van der Waals surface area (Å²) in [6.07, 6.45) is 0.801. The molecule has 15 heavy (non-hydrogen) atoms. The van der Waals surface area contributed by atoms with E-state index in [2.05, 4.69) is 4.98 Å². The Balaban J connectivity index is 2.15. The molecule has 0 saturated heterocycles. The zero-order valence-corrected chi connectivity index (χ0v) is 8.56. The highest BCUT2D eigenvalue weighted by Crippen LogP contribution is 2.43. The number of carboxylic acids is 1. The summed E-state index contributed by atoms with van der Waals surface area (Å²) in [5.41, 5.74) is -0.406. The van der Waals surface area contributed by atoms with E-state index in [9.17, 15) is 13.6 Å². The molecule has 1 aromatic heterocycles. The van der Waals surface area contributed by atoms with Crippen LogP contribution >= 0.6 is 11.3 Å². The van der Waals surface area contributed by atoms with Crippen molar-refractivity contribution in [1.29, 1.82) is 0 Å². The third-order valence-electron chi connectivity index (χ3n) is 2.20. The minimum atomic E-state index is -3.35. The molecule has 1 fully saturated rings. The van der Waals surface area contributed by atoms with E-state index in [-0.39, 0.29) is 0 Å². The Morgan fingerprint density at radius 3 is 2.87 bits per heavy atom. The first kappa shape index (κ1) is 10.5. The minimum absolute atomic E-state index is 0.323. The predicted octanol–water partition coefficient (Wildman–Crippen LogP) is 2.59. The van der Waals surface area contributed by atoms with Gasteiger partial charge in [0, 0.05) is 11.3 Å². The fraction of sp³-hybridized carbons (Fsp3) is 0.556. The molecule has 1 saturated carbocycles. The van der Waals surface area contributed by atoms with E-state index in [0.717, 1.165) is 12.8 Å². The van der Waals surface area contributed by atoms with E-state index < -0.39 is 24.0 Å². The molecule has 1 aliphatic carbocycles. The zero-order chi connectivity index (χ0) is 11.1. The summed E-state index contributed by atoms with van der Waals surface area (Å²) in [6.45, 7) is 0. The van der Waals surface area contributed by atoms with Gasteiger partial charge in [-0.1, -0.05) is 0 Å². The largest absolute Gasteiger partial charge is 0.481 e. The lowest BCUT2D eigenvalue weighted by molar-refractivity contribution is -0.145. The quantitative estimate of drug-likeness (QED) is 0.869. The van der Waals surface area contributed by atoms with Gasteiger partial charge in [0.1, 0.15) is 12.1 Å². The lowest BCUT2D eigenvalue weighted by Gasteiger charge is -2.10. The fourth-order valence-electron chi connectivity index (χ4n) is 1.25. The standard InChI is InChI=1S/C9H9F2NO2S/c10-9(11,3-7(13)14)6-4-15-8(12-6)5-1-2-5/h4-5H,1-3H2,(H,13,14). The smallest absolute Gasteiger partial charge is 0.309 e. The summed E-state index contributed by atoms with van der Waals surface area (Å²) in [7, 11) is 0. The Kier molecular flexibility index (Phi) is 2.46. The molecule has 82 valence electrons. The maximum atomic E-state index is 13.3. The average Bonchev–Trinajstić information content (AvgIpc) is 2.81.